The Morgan fingerprint density at radius 3 is 2.86 bits per heavy atom. The molecule has 0 spiro atoms. The van der Waals surface area contributed by atoms with Crippen LogP contribution in [0.3, 0.4) is 0 Å². The first-order valence-electron chi connectivity index (χ1n) is 3.85. The van der Waals surface area contributed by atoms with E-state index in [2.05, 4.69) is 4.99 Å². The third kappa shape index (κ3) is 1.82. The van der Waals surface area contributed by atoms with Crippen molar-refractivity contribution in [3.8, 4) is 0 Å². The van der Waals surface area contributed by atoms with E-state index in [1.807, 2.05) is 18.2 Å². The fraction of sp³-hybridized carbons (Fsp3) is 0.125. The van der Waals surface area contributed by atoms with Crippen LogP contribution in [0.4, 0.5) is 0 Å². The Balaban J connectivity index is 2.39. The van der Waals surface area contributed by atoms with Gasteiger partial charge in [-0.1, -0.05) is 36.1 Å². The lowest BCUT2D eigenvalue weighted by atomic mass is 10.3. The highest BCUT2D eigenvalue weighted by molar-refractivity contribution is 8.34. The number of aliphatic imine (C=N–C) groups is 1. The molecule has 4 nitrogen and oxygen atoms in total. The van der Waals surface area contributed by atoms with Crippen LogP contribution in [0.15, 0.2) is 41.1 Å². The van der Waals surface area contributed by atoms with Gasteiger partial charge < -0.3 is 0 Å². The van der Waals surface area contributed by atoms with E-state index in [-0.39, 0.29) is 9.63 Å². The first-order valence-corrected chi connectivity index (χ1v) is 6.17. The summed E-state index contributed by atoms with van der Waals surface area (Å²) in [6.07, 6.45) is 9.01. The second kappa shape index (κ2) is 3.38. The highest BCUT2D eigenvalue weighted by Gasteiger charge is 2.30. The van der Waals surface area contributed by atoms with E-state index >= 15 is 0 Å². The van der Waals surface area contributed by atoms with Crippen LogP contribution in [0.25, 0.3) is 0 Å². The molecular weight excluding hydrogens is 222 g/mol. The van der Waals surface area contributed by atoms with Gasteiger partial charge in [-0.2, -0.15) is 8.42 Å². The van der Waals surface area contributed by atoms with Crippen LogP contribution in [0.1, 0.15) is 0 Å². The summed E-state index contributed by atoms with van der Waals surface area (Å²) in [5.41, 5.74) is 0.646. The van der Waals surface area contributed by atoms with Gasteiger partial charge in [-0.25, -0.2) is 4.99 Å². The molecule has 1 unspecified atom stereocenters. The first kappa shape index (κ1) is 9.70. The summed E-state index contributed by atoms with van der Waals surface area (Å²) in [6, 6.07) is 0. The summed E-state index contributed by atoms with van der Waals surface area (Å²) in [4.78, 5) is 3.84. The molecule has 0 saturated heterocycles. The molecule has 1 aliphatic heterocycles. The Hall–Kier alpha value is -0.850. The minimum atomic E-state index is -4.16. The predicted molar refractivity (Wildman–Crippen MR) is 56.7 cm³/mol. The topological polar surface area (TPSA) is 66.7 Å². The van der Waals surface area contributed by atoms with Gasteiger partial charge in [0.05, 0.1) is 10.9 Å². The highest BCUT2D eigenvalue weighted by Crippen LogP contribution is 2.33. The number of hydrogen-bond donors (Lipinski definition) is 1. The first-order chi connectivity index (χ1) is 6.57. The Labute approximate surface area is 85.9 Å². The normalized spacial score (nSPS) is 25.4. The third-order valence-corrected chi connectivity index (χ3v) is 4.13. The molecule has 0 radical (unpaired) electrons. The monoisotopic (exact) mass is 229 g/mol. The molecular formula is C8H7NO3S2. The molecule has 6 heteroatoms. The average Bonchev–Trinajstić information content (AvgIpc) is 2.38. The summed E-state index contributed by atoms with van der Waals surface area (Å²) in [7, 11) is -4.16. The van der Waals surface area contributed by atoms with Gasteiger partial charge in [0.25, 0.3) is 0 Å². The van der Waals surface area contributed by atoms with Crippen LogP contribution in [0.2, 0.25) is 0 Å². The number of allylic oxidation sites excluding steroid dienone is 4. The van der Waals surface area contributed by atoms with Crippen molar-refractivity contribution < 1.29 is 13.0 Å². The fourth-order valence-electron chi connectivity index (χ4n) is 1.14. The zero-order valence-corrected chi connectivity index (χ0v) is 8.62. The van der Waals surface area contributed by atoms with E-state index in [4.69, 9.17) is 4.55 Å². The molecule has 0 aromatic rings. The van der Waals surface area contributed by atoms with E-state index in [1.54, 1.807) is 12.2 Å². The van der Waals surface area contributed by atoms with Crippen molar-refractivity contribution in [2.24, 2.45) is 4.99 Å². The molecule has 0 saturated carbocycles. The van der Waals surface area contributed by atoms with Gasteiger partial charge in [0.15, 0.2) is 0 Å². The molecule has 0 aromatic carbocycles. The molecule has 2 aliphatic rings. The van der Waals surface area contributed by atoms with Crippen LogP contribution < -0.4 is 0 Å². The SMILES string of the molecule is O=S(=O)(O)C1=NC2=CC=CC=CC2S1. The molecule has 0 bridgehead atoms. The lowest BCUT2D eigenvalue weighted by Crippen LogP contribution is -2.07. The van der Waals surface area contributed by atoms with Gasteiger partial charge in [0, 0.05) is 0 Å². The average molecular weight is 229 g/mol. The van der Waals surface area contributed by atoms with Gasteiger partial charge >= 0.3 is 10.1 Å². The summed E-state index contributed by atoms with van der Waals surface area (Å²) < 4.78 is 30.2. The summed E-state index contributed by atoms with van der Waals surface area (Å²) in [5, 5.41) is -0.109. The van der Waals surface area contributed by atoms with Gasteiger partial charge in [-0.15, -0.1) is 0 Å². The molecule has 0 aromatic heterocycles. The van der Waals surface area contributed by atoms with Gasteiger partial charge in [-0.3, -0.25) is 4.55 Å². The van der Waals surface area contributed by atoms with Crippen molar-refractivity contribution >= 4 is 26.3 Å². The Bertz CT molecular complexity index is 471. The van der Waals surface area contributed by atoms with E-state index in [0.29, 0.717) is 5.70 Å². The van der Waals surface area contributed by atoms with Crippen LogP contribution in [0, 0.1) is 0 Å². The number of rotatable bonds is 0. The van der Waals surface area contributed by atoms with E-state index in [9.17, 15) is 8.42 Å². The number of fused-ring (bicyclic) bond motifs is 1. The smallest absolute Gasteiger partial charge is 0.280 e. The number of nitrogens with zero attached hydrogens (tertiary/aromatic N) is 1. The van der Waals surface area contributed by atoms with E-state index in [1.165, 1.54) is 0 Å². The summed E-state index contributed by atoms with van der Waals surface area (Å²) >= 11 is 1.03. The number of hydrogen-bond acceptors (Lipinski definition) is 4. The molecule has 74 valence electrons. The van der Waals surface area contributed by atoms with Gasteiger partial charge in [0.2, 0.25) is 4.38 Å². The second-order valence-corrected chi connectivity index (χ2v) is 5.48. The van der Waals surface area contributed by atoms with Gasteiger partial charge in [0.1, 0.15) is 0 Å². The fourth-order valence-corrected chi connectivity index (χ4v) is 2.95. The predicted octanol–water partition coefficient (Wildman–Crippen LogP) is 1.36. The second-order valence-electron chi connectivity index (χ2n) is 2.75. The minimum absolute atomic E-state index is 0.109. The zero-order chi connectivity index (χ0) is 10.2. The lowest BCUT2D eigenvalue weighted by molar-refractivity contribution is 0.499. The molecule has 14 heavy (non-hydrogen) atoms. The van der Waals surface area contributed by atoms with E-state index in [0.717, 1.165) is 11.8 Å². The Kier molecular flexibility index (Phi) is 2.34. The van der Waals surface area contributed by atoms with Crippen molar-refractivity contribution in [2.45, 2.75) is 5.25 Å². The van der Waals surface area contributed by atoms with E-state index < -0.39 is 10.1 Å². The molecule has 1 heterocycles. The van der Waals surface area contributed by atoms with Crippen molar-refractivity contribution in [3.05, 3.63) is 36.1 Å². The summed E-state index contributed by atoms with van der Waals surface area (Å²) in [5.74, 6) is 0. The maximum atomic E-state index is 10.8. The molecule has 0 fully saturated rings. The van der Waals surface area contributed by atoms with Crippen molar-refractivity contribution in [1.29, 1.82) is 0 Å². The van der Waals surface area contributed by atoms with Crippen molar-refractivity contribution in [1.82, 2.24) is 0 Å². The van der Waals surface area contributed by atoms with Crippen molar-refractivity contribution in [3.63, 3.8) is 0 Å². The maximum Gasteiger partial charge on any atom is 0.318 e. The molecule has 1 N–H and O–H groups in total. The van der Waals surface area contributed by atoms with Crippen LogP contribution in [-0.2, 0) is 10.1 Å². The molecule has 2 rings (SSSR count). The Morgan fingerprint density at radius 2 is 2.14 bits per heavy atom. The minimum Gasteiger partial charge on any atom is -0.280 e. The Morgan fingerprint density at radius 1 is 1.36 bits per heavy atom. The highest BCUT2D eigenvalue weighted by atomic mass is 32.3. The molecule has 1 aliphatic carbocycles. The molecule has 0 amide bonds. The zero-order valence-electron chi connectivity index (χ0n) is 6.99. The van der Waals surface area contributed by atoms with Gasteiger partial charge in [-0.05, 0) is 6.08 Å². The van der Waals surface area contributed by atoms with Crippen LogP contribution in [-0.4, -0.2) is 22.6 Å². The number of thioether (sulfide) groups is 1. The quantitative estimate of drug-likeness (QED) is 0.637. The lowest BCUT2D eigenvalue weighted by Gasteiger charge is -2.00. The molecule has 1 atom stereocenters. The maximum absolute atomic E-state index is 10.8. The standard InChI is InChI=1S/C8H7NO3S2/c10-14(11,12)8-9-6-4-2-1-3-5-7(6)13-8/h1-5,7H,(H,10,11,12). The van der Waals surface area contributed by atoms with Crippen LogP contribution in [0.5, 0.6) is 0 Å². The largest absolute Gasteiger partial charge is 0.318 e. The summed E-state index contributed by atoms with van der Waals surface area (Å²) in [6.45, 7) is 0. The van der Waals surface area contributed by atoms with Crippen LogP contribution >= 0.6 is 11.8 Å². The van der Waals surface area contributed by atoms with Crippen molar-refractivity contribution in [2.75, 3.05) is 0 Å². The third-order valence-electron chi connectivity index (χ3n) is 1.74.